The normalized spacial score (nSPS) is 32.3. The Morgan fingerprint density at radius 1 is 1.22 bits per heavy atom. The van der Waals surface area contributed by atoms with Crippen LogP contribution in [-0.2, 0) is 12.8 Å². The summed E-state index contributed by atoms with van der Waals surface area (Å²) in [5, 5.41) is 4.56. The van der Waals surface area contributed by atoms with Crippen molar-refractivity contribution in [2.24, 2.45) is 21.8 Å². The molecule has 0 spiro atoms. The molecule has 1 amide bonds. The number of benzene rings is 1. The molecule has 1 N–H and O–H groups in total. The fourth-order valence-corrected chi connectivity index (χ4v) is 4.99. The van der Waals surface area contributed by atoms with E-state index >= 15 is 0 Å². The average molecular weight is 310 g/mol. The minimum Gasteiger partial charge on any atom is -0.267 e. The summed E-state index contributed by atoms with van der Waals surface area (Å²) < 4.78 is 0. The van der Waals surface area contributed by atoms with Gasteiger partial charge < -0.3 is 0 Å². The van der Waals surface area contributed by atoms with Crippen molar-refractivity contribution in [1.29, 1.82) is 0 Å². The van der Waals surface area contributed by atoms with Crippen LogP contribution in [0.5, 0.6) is 0 Å². The van der Waals surface area contributed by atoms with E-state index in [1.807, 2.05) is 12.1 Å². The van der Waals surface area contributed by atoms with Gasteiger partial charge in [0, 0.05) is 16.7 Å². The van der Waals surface area contributed by atoms with Crippen molar-refractivity contribution in [2.45, 2.75) is 59.3 Å². The Hall–Kier alpha value is -1.64. The molecule has 4 rings (SSSR count). The molecule has 3 nitrogen and oxygen atoms in total. The van der Waals surface area contributed by atoms with Gasteiger partial charge in [0.25, 0.3) is 5.91 Å². The van der Waals surface area contributed by atoms with E-state index in [1.54, 1.807) is 0 Å². The number of hydrogen-bond donors (Lipinski definition) is 1. The van der Waals surface area contributed by atoms with Gasteiger partial charge in [-0.15, -0.1) is 0 Å². The predicted octanol–water partition coefficient (Wildman–Crippen LogP) is 4.11. The maximum Gasteiger partial charge on any atom is 0.271 e. The number of hydrazone groups is 1. The molecule has 0 aromatic heterocycles. The highest BCUT2D eigenvalue weighted by atomic mass is 16.2. The maximum absolute atomic E-state index is 12.5. The van der Waals surface area contributed by atoms with E-state index in [0.29, 0.717) is 11.3 Å². The van der Waals surface area contributed by atoms with Crippen LogP contribution in [0.1, 0.15) is 67.9 Å². The smallest absolute Gasteiger partial charge is 0.267 e. The second-order valence-corrected chi connectivity index (χ2v) is 8.33. The number of nitrogens with one attached hydrogen (secondary N) is 1. The number of hydrogen-bond acceptors (Lipinski definition) is 2. The molecule has 0 unspecified atom stereocenters. The third-order valence-corrected chi connectivity index (χ3v) is 7.17. The van der Waals surface area contributed by atoms with Gasteiger partial charge in [0.05, 0.1) is 0 Å². The Morgan fingerprint density at radius 2 is 2.00 bits per heavy atom. The summed E-state index contributed by atoms with van der Waals surface area (Å²) in [4.78, 5) is 12.5. The Labute approximate surface area is 138 Å². The molecule has 2 fully saturated rings. The minimum absolute atomic E-state index is 0.0728. The van der Waals surface area contributed by atoms with E-state index in [2.05, 4.69) is 37.4 Å². The monoisotopic (exact) mass is 310 g/mol. The molecule has 2 bridgehead atoms. The van der Waals surface area contributed by atoms with Crippen molar-refractivity contribution in [3.63, 3.8) is 0 Å². The van der Waals surface area contributed by atoms with E-state index in [4.69, 9.17) is 0 Å². The molecular formula is C20H26N2O. The number of carbonyl (C=O) groups excluding carboxylic acids is 1. The number of carbonyl (C=O) groups is 1. The van der Waals surface area contributed by atoms with Crippen molar-refractivity contribution in [3.8, 4) is 0 Å². The molecule has 1 aromatic rings. The maximum atomic E-state index is 12.5. The molecule has 3 heteroatoms. The highest BCUT2D eigenvalue weighted by molar-refractivity contribution is 5.98. The number of rotatable bonds is 2. The van der Waals surface area contributed by atoms with Crippen molar-refractivity contribution in [1.82, 2.24) is 5.43 Å². The van der Waals surface area contributed by atoms with Crippen LogP contribution >= 0.6 is 0 Å². The minimum atomic E-state index is -0.0728. The first-order valence-electron chi connectivity index (χ1n) is 8.91. The van der Waals surface area contributed by atoms with Crippen LogP contribution in [0.25, 0.3) is 0 Å². The van der Waals surface area contributed by atoms with Crippen molar-refractivity contribution in [2.75, 3.05) is 0 Å². The van der Waals surface area contributed by atoms with E-state index < -0.39 is 0 Å². The van der Waals surface area contributed by atoms with Crippen LogP contribution in [0.15, 0.2) is 23.3 Å². The van der Waals surface area contributed by atoms with Crippen LogP contribution in [0, 0.1) is 16.7 Å². The zero-order chi connectivity index (χ0) is 16.2. The highest BCUT2D eigenvalue weighted by Crippen LogP contribution is 2.63. The molecule has 3 aliphatic carbocycles. The largest absolute Gasteiger partial charge is 0.271 e. The number of nitrogens with zero attached hydrogens (tertiary/aromatic N) is 1. The first-order valence-corrected chi connectivity index (χ1v) is 8.91. The van der Waals surface area contributed by atoms with E-state index in [9.17, 15) is 4.79 Å². The van der Waals surface area contributed by atoms with Gasteiger partial charge in [-0.05, 0) is 73.1 Å². The second kappa shape index (κ2) is 4.93. The quantitative estimate of drug-likeness (QED) is 0.821. The average Bonchev–Trinajstić information content (AvgIpc) is 3.13. The topological polar surface area (TPSA) is 41.5 Å². The Balaban J connectivity index is 1.52. The molecule has 0 heterocycles. The van der Waals surface area contributed by atoms with Crippen LogP contribution in [-0.4, -0.2) is 11.6 Å². The van der Waals surface area contributed by atoms with Crippen LogP contribution in [0.4, 0.5) is 0 Å². The van der Waals surface area contributed by atoms with Crippen LogP contribution in [0.3, 0.4) is 0 Å². The summed E-state index contributed by atoms with van der Waals surface area (Å²) >= 11 is 0. The van der Waals surface area contributed by atoms with Gasteiger partial charge >= 0.3 is 0 Å². The SMILES string of the molecule is CC1(C)[C@H]2CC[C@]1(C)/C(=N/NC(=O)c1ccc3c(c1)CCC3)C2. The van der Waals surface area contributed by atoms with Gasteiger partial charge in [-0.1, -0.05) is 26.8 Å². The molecule has 122 valence electrons. The number of aryl methyl sites for hydroxylation is 2. The van der Waals surface area contributed by atoms with Gasteiger partial charge in [-0.3, -0.25) is 4.79 Å². The van der Waals surface area contributed by atoms with Crippen LogP contribution in [0.2, 0.25) is 0 Å². The number of fused-ring (bicyclic) bond motifs is 3. The lowest BCUT2D eigenvalue weighted by Crippen LogP contribution is -2.34. The summed E-state index contributed by atoms with van der Waals surface area (Å²) in [5.74, 6) is 0.638. The predicted molar refractivity (Wildman–Crippen MR) is 92.6 cm³/mol. The van der Waals surface area contributed by atoms with Crippen LogP contribution < -0.4 is 5.43 Å². The zero-order valence-electron chi connectivity index (χ0n) is 14.4. The summed E-state index contributed by atoms with van der Waals surface area (Å²) in [7, 11) is 0. The summed E-state index contributed by atoms with van der Waals surface area (Å²) in [5.41, 5.74) is 7.92. The molecule has 1 aromatic carbocycles. The highest BCUT2D eigenvalue weighted by Gasteiger charge is 2.60. The van der Waals surface area contributed by atoms with Gasteiger partial charge in [0.15, 0.2) is 0 Å². The van der Waals surface area contributed by atoms with E-state index in [1.165, 1.54) is 36.1 Å². The molecule has 2 atom stereocenters. The van der Waals surface area contributed by atoms with Crippen molar-refractivity contribution >= 4 is 11.6 Å². The molecule has 23 heavy (non-hydrogen) atoms. The lowest BCUT2D eigenvalue weighted by atomic mass is 9.70. The van der Waals surface area contributed by atoms with Crippen molar-refractivity contribution in [3.05, 3.63) is 34.9 Å². The molecule has 3 aliphatic rings. The zero-order valence-corrected chi connectivity index (χ0v) is 14.4. The van der Waals surface area contributed by atoms with Gasteiger partial charge in [0.2, 0.25) is 0 Å². The Bertz CT molecular complexity index is 704. The van der Waals surface area contributed by atoms with Gasteiger partial charge in [-0.25, -0.2) is 5.43 Å². The van der Waals surface area contributed by atoms with E-state index in [0.717, 1.165) is 24.8 Å². The molecule has 2 saturated carbocycles. The fraction of sp³-hybridized carbons (Fsp3) is 0.600. The lowest BCUT2D eigenvalue weighted by molar-refractivity contribution is 0.0954. The standard InChI is InChI=1S/C20H26N2O/c1-19(2)16-9-10-20(19,3)17(12-16)21-22-18(23)15-8-7-13-5-4-6-14(13)11-15/h7-8,11,16H,4-6,9-10,12H2,1-3H3,(H,22,23)/b21-17+/t16-,20+/m0/s1. The molecule has 0 radical (unpaired) electrons. The lowest BCUT2D eigenvalue weighted by Gasteiger charge is -2.34. The third kappa shape index (κ3) is 2.09. The summed E-state index contributed by atoms with van der Waals surface area (Å²) in [6, 6.07) is 6.09. The first kappa shape index (κ1) is 14.9. The van der Waals surface area contributed by atoms with E-state index in [-0.39, 0.29) is 11.3 Å². The third-order valence-electron chi connectivity index (χ3n) is 7.17. The van der Waals surface area contributed by atoms with Gasteiger partial charge in [-0.2, -0.15) is 5.10 Å². The summed E-state index contributed by atoms with van der Waals surface area (Å²) in [6.45, 7) is 7.03. The fourth-order valence-electron chi connectivity index (χ4n) is 4.99. The number of amides is 1. The van der Waals surface area contributed by atoms with Gasteiger partial charge in [0.1, 0.15) is 0 Å². The molecular weight excluding hydrogens is 284 g/mol. The summed E-state index contributed by atoms with van der Waals surface area (Å²) in [6.07, 6.45) is 6.97. The molecule has 0 saturated heterocycles. The Morgan fingerprint density at radius 3 is 2.70 bits per heavy atom. The molecule has 0 aliphatic heterocycles. The second-order valence-electron chi connectivity index (χ2n) is 8.33. The first-order chi connectivity index (χ1) is 10.9. The van der Waals surface area contributed by atoms with Crippen molar-refractivity contribution < 1.29 is 4.79 Å². The Kier molecular flexibility index (Phi) is 3.20.